The SMILES string of the molecule is O=C1CC2(CCN(c3cnc4cnn(CC(F)F)c4n3)CC2)CN1Cc1ccnc(C(F)(F)F)c1. The van der Waals surface area contributed by atoms with Crippen LogP contribution in [0.1, 0.15) is 30.5 Å². The molecule has 2 aliphatic heterocycles. The maximum absolute atomic E-state index is 13.0. The topological polar surface area (TPSA) is 80.0 Å². The predicted molar refractivity (Wildman–Crippen MR) is 114 cm³/mol. The van der Waals surface area contributed by atoms with Gasteiger partial charge in [0.15, 0.2) is 5.65 Å². The summed E-state index contributed by atoms with van der Waals surface area (Å²) in [6.07, 6.45) is -1.29. The fraction of sp³-hybridized carbons (Fsp3) is 0.500. The second kappa shape index (κ2) is 8.68. The first-order chi connectivity index (χ1) is 16.6. The van der Waals surface area contributed by atoms with Crippen LogP contribution in [0.15, 0.2) is 30.7 Å². The third-order valence-corrected chi connectivity index (χ3v) is 6.69. The van der Waals surface area contributed by atoms with Gasteiger partial charge in [-0.15, -0.1) is 0 Å². The first-order valence-corrected chi connectivity index (χ1v) is 11.1. The molecule has 0 unspecified atom stereocenters. The Hall–Kier alpha value is -3.38. The number of anilines is 1. The summed E-state index contributed by atoms with van der Waals surface area (Å²) in [7, 11) is 0. The molecule has 8 nitrogen and oxygen atoms in total. The highest BCUT2D eigenvalue weighted by molar-refractivity contribution is 5.79. The molecule has 5 heterocycles. The molecular weight excluding hydrogens is 473 g/mol. The van der Waals surface area contributed by atoms with Gasteiger partial charge in [0, 0.05) is 44.2 Å². The number of rotatable bonds is 5. The Morgan fingerprint density at radius 3 is 2.60 bits per heavy atom. The van der Waals surface area contributed by atoms with E-state index >= 15 is 0 Å². The van der Waals surface area contributed by atoms with Crippen molar-refractivity contribution in [2.24, 2.45) is 5.41 Å². The third-order valence-electron chi connectivity index (χ3n) is 6.69. The lowest BCUT2D eigenvalue weighted by Gasteiger charge is -2.39. The van der Waals surface area contributed by atoms with Crippen molar-refractivity contribution in [2.75, 3.05) is 24.5 Å². The van der Waals surface area contributed by atoms with Crippen molar-refractivity contribution in [1.29, 1.82) is 0 Å². The lowest BCUT2D eigenvalue weighted by atomic mass is 9.77. The number of alkyl halides is 5. The van der Waals surface area contributed by atoms with Crippen molar-refractivity contribution in [2.45, 2.75) is 45.0 Å². The molecule has 3 aromatic heterocycles. The highest BCUT2D eigenvalue weighted by Crippen LogP contribution is 2.42. The van der Waals surface area contributed by atoms with Crippen LogP contribution in [-0.4, -0.2) is 61.6 Å². The average molecular weight is 495 g/mol. The normalized spacial score (nSPS) is 18.4. The fourth-order valence-electron chi connectivity index (χ4n) is 4.88. The third kappa shape index (κ3) is 4.76. The van der Waals surface area contributed by atoms with E-state index in [1.54, 1.807) is 11.1 Å². The van der Waals surface area contributed by atoms with E-state index in [0.29, 0.717) is 61.4 Å². The second-order valence-electron chi connectivity index (χ2n) is 9.12. The maximum atomic E-state index is 13.0. The number of pyridine rings is 1. The van der Waals surface area contributed by atoms with Crippen molar-refractivity contribution in [3.05, 3.63) is 42.0 Å². The summed E-state index contributed by atoms with van der Waals surface area (Å²) in [4.78, 5) is 28.5. The number of aromatic nitrogens is 5. The van der Waals surface area contributed by atoms with Gasteiger partial charge in [0.25, 0.3) is 6.43 Å². The van der Waals surface area contributed by atoms with Crippen molar-refractivity contribution >= 4 is 22.9 Å². The highest BCUT2D eigenvalue weighted by atomic mass is 19.4. The Labute approximate surface area is 196 Å². The van der Waals surface area contributed by atoms with Gasteiger partial charge in [0.1, 0.15) is 23.6 Å². The molecule has 5 rings (SSSR count). The van der Waals surface area contributed by atoms with Crippen molar-refractivity contribution < 1.29 is 26.7 Å². The maximum Gasteiger partial charge on any atom is 0.433 e. The summed E-state index contributed by atoms with van der Waals surface area (Å²) < 4.78 is 65.7. The molecule has 0 aliphatic carbocycles. The van der Waals surface area contributed by atoms with Gasteiger partial charge >= 0.3 is 6.18 Å². The Morgan fingerprint density at radius 1 is 1.11 bits per heavy atom. The zero-order chi connectivity index (χ0) is 24.8. The predicted octanol–water partition coefficient (Wildman–Crippen LogP) is 3.52. The lowest BCUT2D eigenvalue weighted by molar-refractivity contribution is -0.141. The molecule has 3 aromatic rings. The Kier molecular flexibility index (Phi) is 5.80. The van der Waals surface area contributed by atoms with E-state index in [2.05, 4.69) is 20.1 Å². The molecule has 2 fully saturated rings. The number of nitrogens with zero attached hydrogens (tertiary/aromatic N) is 7. The van der Waals surface area contributed by atoms with Gasteiger partial charge in [-0.2, -0.15) is 18.3 Å². The van der Waals surface area contributed by atoms with Crippen molar-refractivity contribution in [1.82, 2.24) is 29.6 Å². The van der Waals surface area contributed by atoms with Crippen LogP contribution in [0.25, 0.3) is 11.2 Å². The first-order valence-electron chi connectivity index (χ1n) is 11.1. The molecule has 0 saturated carbocycles. The Balaban J connectivity index is 1.25. The molecule has 0 N–H and O–H groups in total. The van der Waals surface area contributed by atoms with Gasteiger partial charge < -0.3 is 9.80 Å². The van der Waals surface area contributed by atoms with Crippen LogP contribution in [0.4, 0.5) is 27.8 Å². The average Bonchev–Trinajstić information content (AvgIpc) is 3.33. The molecule has 0 bridgehead atoms. The minimum absolute atomic E-state index is 0.0825. The molecule has 0 radical (unpaired) electrons. The summed E-state index contributed by atoms with van der Waals surface area (Å²) in [5.74, 6) is 0.474. The van der Waals surface area contributed by atoms with Crippen LogP contribution < -0.4 is 4.90 Å². The number of hydrogen-bond donors (Lipinski definition) is 0. The van der Waals surface area contributed by atoms with Crippen LogP contribution in [0.2, 0.25) is 0 Å². The standard InChI is InChI=1S/C22H22F5N7O/c23-17(24)12-34-20-15(9-30-34)29-10-18(31-20)32-5-2-21(3-6-32)8-19(35)33(13-21)11-14-1-4-28-16(7-14)22(25,26)27/h1,4,7,9-10,17H,2-3,5-6,8,11-13H2. The summed E-state index contributed by atoms with van der Waals surface area (Å²) >= 11 is 0. The van der Waals surface area contributed by atoms with E-state index in [1.807, 2.05) is 4.90 Å². The van der Waals surface area contributed by atoms with Gasteiger partial charge in [-0.3, -0.25) is 9.78 Å². The second-order valence-corrected chi connectivity index (χ2v) is 9.12. The smallest absolute Gasteiger partial charge is 0.355 e. The number of piperidine rings is 1. The van der Waals surface area contributed by atoms with E-state index in [4.69, 9.17) is 0 Å². The largest absolute Gasteiger partial charge is 0.433 e. The van der Waals surface area contributed by atoms with Gasteiger partial charge in [-0.1, -0.05) is 0 Å². The van der Waals surface area contributed by atoms with E-state index in [0.717, 1.165) is 16.9 Å². The van der Waals surface area contributed by atoms with Crippen LogP contribution in [0, 0.1) is 5.41 Å². The van der Waals surface area contributed by atoms with Gasteiger partial charge in [0.05, 0.1) is 12.4 Å². The number of carbonyl (C=O) groups excluding carboxylic acids is 1. The Bertz CT molecular complexity index is 1240. The molecular formula is C22H22F5N7O. The number of fused-ring (bicyclic) bond motifs is 1. The number of hydrogen-bond acceptors (Lipinski definition) is 6. The molecule has 2 saturated heterocycles. The number of amides is 1. The summed E-state index contributed by atoms with van der Waals surface area (Å²) in [6.45, 7) is 1.20. The molecule has 0 aromatic carbocycles. The molecule has 186 valence electrons. The lowest BCUT2D eigenvalue weighted by Crippen LogP contribution is -2.42. The van der Waals surface area contributed by atoms with Crippen LogP contribution in [0.5, 0.6) is 0 Å². The summed E-state index contributed by atoms with van der Waals surface area (Å²) in [6, 6.07) is 2.47. The summed E-state index contributed by atoms with van der Waals surface area (Å²) in [5.41, 5.74) is -0.120. The van der Waals surface area contributed by atoms with Crippen LogP contribution in [0.3, 0.4) is 0 Å². The van der Waals surface area contributed by atoms with Gasteiger partial charge in [-0.25, -0.2) is 23.4 Å². The number of carbonyl (C=O) groups is 1. The van der Waals surface area contributed by atoms with Crippen LogP contribution >= 0.6 is 0 Å². The quantitative estimate of drug-likeness (QED) is 0.504. The van der Waals surface area contributed by atoms with E-state index in [-0.39, 0.29) is 17.9 Å². The highest BCUT2D eigenvalue weighted by Gasteiger charge is 2.45. The molecule has 35 heavy (non-hydrogen) atoms. The minimum atomic E-state index is -4.54. The van der Waals surface area contributed by atoms with Crippen LogP contribution in [-0.2, 0) is 24.1 Å². The molecule has 1 spiro atoms. The molecule has 0 atom stereocenters. The van der Waals surface area contributed by atoms with Gasteiger partial charge in [-0.05, 0) is 30.5 Å². The molecule has 1 amide bonds. The zero-order valence-electron chi connectivity index (χ0n) is 18.5. The number of halogens is 5. The Morgan fingerprint density at radius 2 is 1.89 bits per heavy atom. The van der Waals surface area contributed by atoms with Crippen molar-refractivity contribution in [3.8, 4) is 0 Å². The van der Waals surface area contributed by atoms with E-state index in [1.165, 1.54) is 12.3 Å². The number of likely N-dealkylation sites (tertiary alicyclic amines) is 1. The first kappa shape index (κ1) is 23.4. The van der Waals surface area contributed by atoms with Crippen molar-refractivity contribution in [3.63, 3.8) is 0 Å². The van der Waals surface area contributed by atoms with E-state index < -0.39 is 24.8 Å². The van der Waals surface area contributed by atoms with Gasteiger partial charge in [0.2, 0.25) is 5.91 Å². The molecule has 2 aliphatic rings. The summed E-state index contributed by atoms with van der Waals surface area (Å²) in [5, 5.41) is 3.93. The fourth-order valence-corrected chi connectivity index (χ4v) is 4.88. The minimum Gasteiger partial charge on any atom is -0.355 e. The monoisotopic (exact) mass is 495 g/mol. The zero-order valence-corrected chi connectivity index (χ0v) is 18.5. The molecule has 13 heteroatoms. The van der Waals surface area contributed by atoms with E-state index in [9.17, 15) is 26.7 Å².